The zero-order chi connectivity index (χ0) is 28.8. The average Bonchev–Trinajstić information content (AvgIpc) is 3.34. The fourth-order valence-electron chi connectivity index (χ4n) is 6.90. The minimum absolute atomic E-state index is 0.0109. The van der Waals surface area contributed by atoms with Crippen LogP contribution in [0.3, 0.4) is 0 Å². The van der Waals surface area contributed by atoms with Crippen molar-refractivity contribution in [3.63, 3.8) is 0 Å². The number of Topliss-reactive ketones (excluding diaryl/α,β-unsaturated/α-hetero) is 1. The SMILES string of the molecule is CC1=C(C(=O)OC2CCCC2)C(c2cccc(NS(C)(=O)=O)c2)C2=C(CC(c3c(C)cc(C)cc3C)CC2=O)N1. The van der Waals surface area contributed by atoms with Gasteiger partial charge in [0, 0.05) is 35.0 Å². The monoisotopic (exact) mass is 562 g/mol. The Labute approximate surface area is 237 Å². The second-order valence-corrected chi connectivity index (χ2v) is 13.4. The molecule has 2 aliphatic carbocycles. The summed E-state index contributed by atoms with van der Waals surface area (Å²) in [6.45, 7) is 8.14. The molecule has 1 fully saturated rings. The molecule has 2 N–H and O–H groups in total. The maximum absolute atomic E-state index is 14.0. The number of allylic oxidation sites excluding steroid dienone is 3. The Morgan fingerprint density at radius 3 is 2.33 bits per heavy atom. The van der Waals surface area contributed by atoms with Gasteiger partial charge in [-0.05, 0) is 100 Å². The highest BCUT2D eigenvalue weighted by Crippen LogP contribution is 2.47. The molecule has 5 rings (SSSR count). The molecule has 40 heavy (non-hydrogen) atoms. The molecule has 7 nitrogen and oxygen atoms in total. The third kappa shape index (κ3) is 5.73. The maximum Gasteiger partial charge on any atom is 0.337 e. The van der Waals surface area contributed by atoms with E-state index in [4.69, 9.17) is 4.74 Å². The molecule has 0 amide bonds. The first kappa shape index (κ1) is 28.1. The zero-order valence-corrected chi connectivity index (χ0v) is 24.7. The molecule has 212 valence electrons. The number of benzene rings is 2. The Kier molecular flexibility index (Phi) is 7.66. The molecule has 3 aliphatic rings. The number of carbonyl (C=O) groups is 2. The van der Waals surface area contributed by atoms with E-state index < -0.39 is 21.9 Å². The Hall–Kier alpha value is -3.39. The number of nitrogens with one attached hydrogen (secondary N) is 2. The van der Waals surface area contributed by atoms with E-state index in [9.17, 15) is 18.0 Å². The second kappa shape index (κ2) is 10.9. The maximum atomic E-state index is 14.0. The third-order valence-electron chi connectivity index (χ3n) is 8.29. The van der Waals surface area contributed by atoms with Crippen LogP contribution in [0.2, 0.25) is 0 Å². The number of hydrogen-bond acceptors (Lipinski definition) is 6. The third-order valence-corrected chi connectivity index (χ3v) is 8.90. The van der Waals surface area contributed by atoms with Crippen molar-refractivity contribution in [3.8, 4) is 0 Å². The highest BCUT2D eigenvalue weighted by Gasteiger charge is 2.42. The van der Waals surface area contributed by atoms with Crippen LogP contribution in [0, 0.1) is 20.8 Å². The van der Waals surface area contributed by atoms with Crippen molar-refractivity contribution < 1.29 is 22.7 Å². The van der Waals surface area contributed by atoms with E-state index in [1.165, 1.54) is 22.3 Å². The smallest absolute Gasteiger partial charge is 0.337 e. The molecule has 0 spiro atoms. The predicted molar refractivity (Wildman–Crippen MR) is 156 cm³/mol. The zero-order valence-electron chi connectivity index (χ0n) is 23.9. The van der Waals surface area contributed by atoms with Gasteiger partial charge in [-0.15, -0.1) is 0 Å². The Bertz CT molecular complexity index is 1520. The highest BCUT2D eigenvalue weighted by molar-refractivity contribution is 7.92. The fourth-order valence-corrected chi connectivity index (χ4v) is 7.45. The summed E-state index contributed by atoms with van der Waals surface area (Å²) in [5.41, 5.74) is 8.29. The van der Waals surface area contributed by atoms with Crippen molar-refractivity contribution in [2.45, 2.75) is 84.2 Å². The van der Waals surface area contributed by atoms with Crippen molar-refractivity contribution in [1.82, 2.24) is 5.32 Å². The number of aryl methyl sites for hydroxylation is 3. The summed E-state index contributed by atoms with van der Waals surface area (Å²) in [4.78, 5) is 27.7. The van der Waals surface area contributed by atoms with Crippen molar-refractivity contribution in [2.24, 2.45) is 0 Å². The van der Waals surface area contributed by atoms with Crippen LogP contribution in [-0.2, 0) is 24.3 Å². The largest absolute Gasteiger partial charge is 0.459 e. The van der Waals surface area contributed by atoms with Crippen molar-refractivity contribution in [3.05, 3.63) is 86.8 Å². The van der Waals surface area contributed by atoms with Gasteiger partial charge in [0.15, 0.2) is 5.78 Å². The Balaban J connectivity index is 1.59. The summed E-state index contributed by atoms with van der Waals surface area (Å²) >= 11 is 0. The van der Waals surface area contributed by atoms with Gasteiger partial charge in [-0.25, -0.2) is 13.2 Å². The van der Waals surface area contributed by atoms with E-state index in [2.05, 4.69) is 42.9 Å². The van der Waals surface area contributed by atoms with Gasteiger partial charge in [-0.3, -0.25) is 9.52 Å². The molecule has 2 aromatic rings. The number of carbonyl (C=O) groups excluding carboxylic acids is 2. The molecule has 1 saturated carbocycles. The predicted octanol–water partition coefficient (Wildman–Crippen LogP) is 5.83. The summed E-state index contributed by atoms with van der Waals surface area (Å²) in [6.07, 6.45) is 5.70. The van der Waals surface area contributed by atoms with Crippen LogP contribution in [0.25, 0.3) is 0 Å². The summed E-state index contributed by atoms with van der Waals surface area (Å²) in [5, 5.41) is 3.43. The van der Waals surface area contributed by atoms with Crippen molar-refractivity contribution in [2.75, 3.05) is 11.0 Å². The fraction of sp³-hybridized carbons (Fsp3) is 0.438. The van der Waals surface area contributed by atoms with Gasteiger partial charge in [0.05, 0.1) is 11.8 Å². The summed E-state index contributed by atoms with van der Waals surface area (Å²) in [6, 6.07) is 11.3. The van der Waals surface area contributed by atoms with Crippen LogP contribution in [0.5, 0.6) is 0 Å². The molecule has 0 bridgehead atoms. The lowest BCUT2D eigenvalue weighted by molar-refractivity contribution is -0.144. The van der Waals surface area contributed by atoms with E-state index in [1.54, 1.807) is 18.2 Å². The molecule has 2 unspecified atom stereocenters. The molecule has 8 heteroatoms. The first-order chi connectivity index (χ1) is 18.9. The number of esters is 1. The van der Waals surface area contributed by atoms with Gasteiger partial charge >= 0.3 is 5.97 Å². The quantitative estimate of drug-likeness (QED) is 0.430. The van der Waals surface area contributed by atoms with Gasteiger partial charge in [0.1, 0.15) is 6.10 Å². The standard InChI is InChI=1S/C32H38N2O5S/c1-18-13-19(2)28(20(3)14-18)23-16-26-31(27(35)17-23)30(22-9-8-10-24(15-22)34-40(5,37)38)29(21(4)33-26)32(36)39-25-11-6-7-12-25/h8-10,13-15,23,25,30,33-34H,6-7,11-12,16-17H2,1-5H3. The molecule has 0 saturated heterocycles. The van der Waals surface area contributed by atoms with Crippen LogP contribution in [0.4, 0.5) is 5.69 Å². The number of ether oxygens (including phenoxy) is 1. The first-order valence-electron chi connectivity index (χ1n) is 14.0. The van der Waals surface area contributed by atoms with E-state index in [1.807, 2.05) is 13.0 Å². The normalized spacial score (nSPS) is 21.8. The number of hydrogen-bond donors (Lipinski definition) is 2. The molecule has 2 aromatic carbocycles. The summed E-state index contributed by atoms with van der Waals surface area (Å²) in [7, 11) is -3.51. The first-order valence-corrected chi connectivity index (χ1v) is 15.9. The minimum Gasteiger partial charge on any atom is -0.459 e. The van der Waals surface area contributed by atoms with Gasteiger partial charge in [-0.1, -0.05) is 29.8 Å². The summed E-state index contributed by atoms with van der Waals surface area (Å²) < 4.78 is 32.4. The number of rotatable bonds is 6. The molecular weight excluding hydrogens is 524 g/mol. The van der Waals surface area contributed by atoms with Crippen molar-refractivity contribution >= 4 is 27.5 Å². The van der Waals surface area contributed by atoms with Crippen LogP contribution in [-0.4, -0.2) is 32.5 Å². The highest BCUT2D eigenvalue weighted by atomic mass is 32.2. The van der Waals surface area contributed by atoms with Gasteiger partial charge in [-0.2, -0.15) is 0 Å². The van der Waals surface area contributed by atoms with E-state index in [0.29, 0.717) is 40.9 Å². The van der Waals surface area contributed by atoms with E-state index in [0.717, 1.165) is 37.6 Å². The van der Waals surface area contributed by atoms with Gasteiger partial charge in [0.25, 0.3) is 0 Å². The molecule has 1 heterocycles. The topological polar surface area (TPSA) is 102 Å². The van der Waals surface area contributed by atoms with Gasteiger partial charge < -0.3 is 10.1 Å². The minimum atomic E-state index is -3.51. The number of sulfonamides is 1. The van der Waals surface area contributed by atoms with E-state index >= 15 is 0 Å². The van der Waals surface area contributed by atoms with E-state index in [-0.39, 0.29) is 17.8 Å². The molecule has 0 aromatic heterocycles. The molecule has 2 atom stereocenters. The molecule has 1 aliphatic heterocycles. The van der Waals surface area contributed by atoms with Crippen LogP contribution in [0.15, 0.2) is 58.9 Å². The number of anilines is 1. The lowest BCUT2D eigenvalue weighted by Crippen LogP contribution is -2.36. The van der Waals surface area contributed by atoms with Crippen LogP contribution in [0.1, 0.15) is 85.1 Å². The molecular formula is C32H38N2O5S. The lowest BCUT2D eigenvalue weighted by Gasteiger charge is -2.37. The van der Waals surface area contributed by atoms with Crippen LogP contribution >= 0.6 is 0 Å². The molecule has 0 radical (unpaired) electrons. The number of dihydropyridines is 1. The van der Waals surface area contributed by atoms with Crippen molar-refractivity contribution in [1.29, 1.82) is 0 Å². The lowest BCUT2D eigenvalue weighted by atomic mass is 9.70. The van der Waals surface area contributed by atoms with Crippen LogP contribution < -0.4 is 10.0 Å². The Morgan fingerprint density at radius 2 is 1.68 bits per heavy atom. The average molecular weight is 563 g/mol. The second-order valence-electron chi connectivity index (χ2n) is 11.6. The number of ketones is 1. The van der Waals surface area contributed by atoms with Gasteiger partial charge in [0.2, 0.25) is 10.0 Å². The Morgan fingerprint density at radius 1 is 1.00 bits per heavy atom. The summed E-state index contributed by atoms with van der Waals surface area (Å²) in [5.74, 6) is -1.06.